The molecule has 2 heteroatoms. The van der Waals surface area contributed by atoms with Gasteiger partial charge in [-0.05, 0) is 139 Å². The van der Waals surface area contributed by atoms with Crippen molar-refractivity contribution in [2.75, 3.05) is 0 Å². The second-order valence-corrected chi connectivity index (χ2v) is 19.7. The van der Waals surface area contributed by atoms with Gasteiger partial charge >= 0.3 is 0 Å². The number of para-hydroxylation sites is 1. The normalized spacial score (nSPS) is 12.1. The standard InChI is InChI=1S/C72H42O2/c1-2-18-43(19-3-1)47-37-38-58(49-23-7-6-22-48(47)49)68-54-28-12-14-30-56(54)70(57-31-15-13-29-55(57)68)60-33-16-34-61-71-59(32-17-35-65(71)74-72(60)61)69-52-26-10-8-24-50(52)67(51-25-9-11-27-53(51)69)46-36-39-64-62(41-46)63-40-44-20-4-5-21-45(44)42-66(63)73-64/h1-42H. The summed E-state index contributed by atoms with van der Waals surface area (Å²) in [5.74, 6) is 0. The average Bonchev–Trinajstić information content (AvgIpc) is 4.04. The highest BCUT2D eigenvalue weighted by Gasteiger charge is 2.25. The Kier molecular flexibility index (Phi) is 8.78. The van der Waals surface area contributed by atoms with Crippen LogP contribution in [0, 0.1) is 0 Å². The van der Waals surface area contributed by atoms with Gasteiger partial charge in [0, 0.05) is 32.7 Å². The predicted octanol–water partition coefficient (Wildman–Crippen LogP) is 20.7. The van der Waals surface area contributed by atoms with Crippen molar-refractivity contribution >= 4 is 109 Å². The maximum atomic E-state index is 7.23. The predicted molar refractivity (Wildman–Crippen MR) is 313 cm³/mol. The van der Waals surface area contributed by atoms with Gasteiger partial charge in [-0.15, -0.1) is 0 Å². The molecule has 0 saturated heterocycles. The summed E-state index contributed by atoms with van der Waals surface area (Å²) in [5, 5.41) is 18.9. The Morgan fingerprint density at radius 1 is 0.203 bits per heavy atom. The van der Waals surface area contributed by atoms with Crippen LogP contribution in [0.15, 0.2) is 264 Å². The van der Waals surface area contributed by atoms with E-state index in [1.807, 2.05) is 0 Å². The molecule has 0 N–H and O–H groups in total. The van der Waals surface area contributed by atoms with Crippen LogP contribution in [0.3, 0.4) is 0 Å². The van der Waals surface area contributed by atoms with Crippen LogP contribution in [0.1, 0.15) is 0 Å². The molecule has 0 atom stereocenters. The van der Waals surface area contributed by atoms with E-state index in [0.717, 1.165) is 60.6 Å². The van der Waals surface area contributed by atoms with Gasteiger partial charge in [0.1, 0.15) is 22.3 Å². The zero-order valence-corrected chi connectivity index (χ0v) is 40.1. The molecule has 0 radical (unpaired) electrons. The highest BCUT2D eigenvalue weighted by molar-refractivity contribution is 6.29. The average molecular weight is 939 g/mol. The summed E-state index contributed by atoms with van der Waals surface area (Å²) >= 11 is 0. The third kappa shape index (κ3) is 5.94. The van der Waals surface area contributed by atoms with Crippen LogP contribution < -0.4 is 0 Å². The topological polar surface area (TPSA) is 26.3 Å². The molecule has 2 heterocycles. The summed E-state index contributed by atoms with van der Waals surface area (Å²) in [6, 6.07) is 93.0. The highest BCUT2D eigenvalue weighted by atomic mass is 16.3. The van der Waals surface area contributed by atoms with Gasteiger partial charge in [-0.1, -0.05) is 224 Å². The Labute approximate surface area is 425 Å². The van der Waals surface area contributed by atoms with Gasteiger partial charge in [0.2, 0.25) is 0 Å². The first-order valence-corrected chi connectivity index (χ1v) is 25.5. The third-order valence-corrected chi connectivity index (χ3v) is 15.8. The van der Waals surface area contributed by atoms with E-state index < -0.39 is 0 Å². The number of benzene rings is 14. The Morgan fingerprint density at radius 3 is 1.30 bits per heavy atom. The summed E-state index contributed by atoms with van der Waals surface area (Å²) < 4.78 is 13.7. The van der Waals surface area contributed by atoms with E-state index >= 15 is 0 Å². The van der Waals surface area contributed by atoms with E-state index in [0.29, 0.717) is 0 Å². The van der Waals surface area contributed by atoms with Crippen LogP contribution in [-0.4, -0.2) is 0 Å². The molecule has 16 rings (SSSR count). The molecule has 0 unspecified atom stereocenters. The first-order chi connectivity index (χ1) is 36.7. The SMILES string of the molecule is c1ccc(-c2ccc(-c3c4ccccc4c(-c4cccc5c4oc4cccc(-c6c7ccccc7c(-c7ccc8oc9cc%10ccccc%10cc9c8c7)c7ccccc67)c45)c4ccccc34)c3ccccc23)cc1. The van der Waals surface area contributed by atoms with Crippen molar-refractivity contribution in [2.45, 2.75) is 0 Å². The first-order valence-electron chi connectivity index (χ1n) is 25.5. The number of hydrogen-bond donors (Lipinski definition) is 0. The van der Waals surface area contributed by atoms with Crippen molar-refractivity contribution in [3.63, 3.8) is 0 Å². The van der Waals surface area contributed by atoms with Gasteiger partial charge < -0.3 is 8.83 Å². The maximum absolute atomic E-state index is 7.23. The molecule has 14 aromatic carbocycles. The molecule has 0 aliphatic heterocycles. The lowest BCUT2D eigenvalue weighted by Crippen LogP contribution is -1.92. The molecule has 0 bridgehead atoms. The van der Waals surface area contributed by atoms with Crippen LogP contribution in [0.4, 0.5) is 0 Å². The minimum absolute atomic E-state index is 0.863. The van der Waals surface area contributed by atoms with Gasteiger partial charge in [0.15, 0.2) is 0 Å². The van der Waals surface area contributed by atoms with E-state index in [1.165, 1.54) is 104 Å². The van der Waals surface area contributed by atoms with E-state index in [-0.39, 0.29) is 0 Å². The van der Waals surface area contributed by atoms with E-state index in [4.69, 9.17) is 8.83 Å². The van der Waals surface area contributed by atoms with Crippen LogP contribution in [0.5, 0.6) is 0 Å². The fraction of sp³-hybridized carbons (Fsp3) is 0. The zero-order valence-electron chi connectivity index (χ0n) is 40.1. The maximum Gasteiger partial charge on any atom is 0.143 e. The lowest BCUT2D eigenvalue weighted by Gasteiger charge is -2.20. The van der Waals surface area contributed by atoms with Crippen molar-refractivity contribution < 1.29 is 8.83 Å². The van der Waals surface area contributed by atoms with Crippen LogP contribution in [-0.2, 0) is 0 Å². The zero-order chi connectivity index (χ0) is 48.4. The highest BCUT2D eigenvalue weighted by Crippen LogP contribution is 2.51. The third-order valence-electron chi connectivity index (χ3n) is 15.8. The second-order valence-electron chi connectivity index (χ2n) is 19.7. The molecule has 0 amide bonds. The first kappa shape index (κ1) is 40.9. The molecule has 0 aliphatic carbocycles. The van der Waals surface area contributed by atoms with E-state index in [9.17, 15) is 0 Å². The molecular formula is C72H42O2. The second kappa shape index (κ2) is 15.9. The number of rotatable bonds is 5. The summed E-state index contributed by atoms with van der Waals surface area (Å²) in [6.45, 7) is 0. The Balaban J connectivity index is 0.920. The Bertz CT molecular complexity index is 4900. The van der Waals surface area contributed by atoms with Crippen molar-refractivity contribution in [2.24, 2.45) is 0 Å². The summed E-state index contributed by atoms with van der Waals surface area (Å²) in [5.41, 5.74) is 15.4. The molecule has 16 aromatic rings. The lowest BCUT2D eigenvalue weighted by atomic mass is 9.83. The summed E-state index contributed by atoms with van der Waals surface area (Å²) in [7, 11) is 0. The quantitative estimate of drug-likeness (QED) is 0.161. The van der Waals surface area contributed by atoms with Crippen LogP contribution >= 0.6 is 0 Å². The number of furan rings is 2. The van der Waals surface area contributed by atoms with Crippen molar-refractivity contribution in [1.29, 1.82) is 0 Å². The minimum atomic E-state index is 0.863. The fourth-order valence-corrected chi connectivity index (χ4v) is 12.7. The van der Waals surface area contributed by atoms with Gasteiger partial charge in [-0.2, -0.15) is 0 Å². The molecule has 2 nitrogen and oxygen atoms in total. The van der Waals surface area contributed by atoms with E-state index in [1.54, 1.807) is 0 Å². The van der Waals surface area contributed by atoms with Gasteiger partial charge in [-0.3, -0.25) is 0 Å². The molecule has 0 fully saturated rings. The van der Waals surface area contributed by atoms with Crippen LogP contribution in [0.25, 0.3) is 164 Å². The summed E-state index contributed by atoms with van der Waals surface area (Å²) in [6.07, 6.45) is 0. The van der Waals surface area contributed by atoms with Crippen molar-refractivity contribution in [3.8, 4) is 55.6 Å². The number of fused-ring (bicyclic) bond motifs is 12. The molecular weight excluding hydrogens is 897 g/mol. The largest absolute Gasteiger partial charge is 0.456 e. The molecule has 0 saturated carbocycles. The van der Waals surface area contributed by atoms with Gasteiger partial charge in [-0.25, -0.2) is 0 Å². The van der Waals surface area contributed by atoms with Gasteiger partial charge in [0.25, 0.3) is 0 Å². The Morgan fingerprint density at radius 2 is 0.662 bits per heavy atom. The number of hydrogen-bond acceptors (Lipinski definition) is 2. The summed E-state index contributed by atoms with van der Waals surface area (Å²) in [4.78, 5) is 0. The Hall–Kier alpha value is -9.76. The minimum Gasteiger partial charge on any atom is -0.456 e. The fourth-order valence-electron chi connectivity index (χ4n) is 12.7. The molecule has 74 heavy (non-hydrogen) atoms. The smallest absolute Gasteiger partial charge is 0.143 e. The van der Waals surface area contributed by atoms with Crippen LogP contribution in [0.2, 0.25) is 0 Å². The van der Waals surface area contributed by atoms with Gasteiger partial charge in [0.05, 0.1) is 0 Å². The van der Waals surface area contributed by atoms with Crippen molar-refractivity contribution in [1.82, 2.24) is 0 Å². The molecule has 2 aromatic heterocycles. The lowest BCUT2D eigenvalue weighted by molar-refractivity contribution is 0.669. The molecule has 0 aliphatic rings. The monoisotopic (exact) mass is 938 g/mol. The molecule has 0 spiro atoms. The van der Waals surface area contributed by atoms with E-state index in [2.05, 4.69) is 255 Å². The van der Waals surface area contributed by atoms with Crippen molar-refractivity contribution in [3.05, 3.63) is 255 Å². The molecule has 342 valence electrons.